The first kappa shape index (κ1) is 18.9. The van der Waals surface area contributed by atoms with Crippen LogP contribution in [0.1, 0.15) is 30.3 Å². The van der Waals surface area contributed by atoms with E-state index in [0.29, 0.717) is 54.1 Å². The van der Waals surface area contributed by atoms with E-state index in [-0.39, 0.29) is 5.91 Å². The lowest BCUT2D eigenvalue weighted by molar-refractivity contribution is 0.0924. The Hall–Kier alpha value is -3.42. The molecule has 0 atom stereocenters. The van der Waals surface area contributed by atoms with Crippen molar-refractivity contribution in [1.82, 2.24) is 25.1 Å². The molecule has 3 aromatic rings. The van der Waals surface area contributed by atoms with Gasteiger partial charge in [0, 0.05) is 18.3 Å². The number of benzene rings is 1. The number of nitrogens with one attached hydrogen (secondary N) is 1. The minimum atomic E-state index is -0.118. The molecule has 0 saturated heterocycles. The van der Waals surface area contributed by atoms with Crippen molar-refractivity contribution in [1.29, 1.82) is 0 Å². The van der Waals surface area contributed by atoms with Gasteiger partial charge in [0.05, 0.1) is 26.0 Å². The molecule has 4 rings (SSSR count). The first-order valence-corrected chi connectivity index (χ1v) is 9.70. The second kappa shape index (κ2) is 8.30. The molecule has 0 radical (unpaired) electrons. The standard InChI is InChI=1S/C21H23N5O3/c1-3-4-11-29-18-6-5-14(12-19(18)28-2)20-22-8-7-15(24-20)16-13-17-21(27)23-9-10-26(17)25-16/h5-8,12-13H,3-4,9-11H2,1-2H3,(H,23,27). The molecule has 3 heterocycles. The van der Waals surface area contributed by atoms with Gasteiger partial charge >= 0.3 is 0 Å². The Morgan fingerprint density at radius 2 is 2.07 bits per heavy atom. The molecule has 1 aliphatic rings. The van der Waals surface area contributed by atoms with E-state index in [1.165, 1.54) is 0 Å². The number of rotatable bonds is 7. The molecule has 2 aromatic heterocycles. The highest BCUT2D eigenvalue weighted by Gasteiger charge is 2.20. The molecule has 8 heteroatoms. The molecule has 8 nitrogen and oxygen atoms in total. The largest absolute Gasteiger partial charge is 0.493 e. The summed E-state index contributed by atoms with van der Waals surface area (Å²) in [6.07, 6.45) is 3.75. The van der Waals surface area contributed by atoms with Crippen molar-refractivity contribution in [2.75, 3.05) is 20.3 Å². The lowest BCUT2D eigenvalue weighted by Gasteiger charge is -2.13. The summed E-state index contributed by atoms with van der Waals surface area (Å²) in [6.45, 7) is 4.00. The molecule has 1 amide bonds. The van der Waals surface area contributed by atoms with Crippen LogP contribution in [0.15, 0.2) is 36.5 Å². The van der Waals surface area contributed by atoms with Gasteiger partial charge in [-0.05, 0) is 36.8 Å². The molecule has 0 fully saturated rings. The van der Waals surface area contributed by atoms with E-state index in [4.69, 9.17) is 9.47 Å². The van der Waals surface area contributed by atoms with E-state index in [9.17, 15) is 4.79 Å². The normalized spacial score (nSPS) is 13.0. The minimum absolute atomic E-state index is 0.118. The van der Waals surface area contributed by atoms with Gasteiger partial charge in [-0.2, -0.15) is 5.10 Å². The van der Waals surface area contributed by atoms with Crippen LogP contribution >= 0.6 is 0 Å². The fourth-order valence-corrected chi connectivity index (χ4v) is 3.15. The number of carbonyl (C=O) groups is 1. The van der Waals surface area contributed by atoms with Crippen LogP contribution in [0.25, 0.3) is 22.8 Å². The molecular formula is C21H23N5O3. The first-order chi connectivity index (χ1) is 14.2. The van der Waals surface area contributed by atoms with E-state index < -0.39 is 0 Å². The highest BCUT2D eigenvalue weighted by Crippen LogP contribution is 2.32. The Kier molecular flexibility index (Phi) is 5.41. The number of ether oxygens (including phenoxy) is 2. The third-order valence-electron chi connectivity index (χ3n) is 4.72. The summed E-state index contributed by atoms with van der Waals surface area (Å²) < 4.78 is 13.0. The van der Waals surface area contributed by atoms with Crippen LogP contribution in [0.4, 0.5) is 0 Å². The third-order valence-corrected chi connectivity index (χ3v) is 4.72. The number of carbonyl (C=O) groups excluding carboxylic acids is 1. The summed E-state index contributed by atoms with van der Waals surface area (Å²) in [5.74, 6) is 1.78. The predicted molar refractivity (Wildman–Crippen MR) is 108 cm³/mol. The SMILES string of the molecule is CCCCOc1ccc(-c2nccc(-c3cc4n(n3)CCNC4=O)n2)cc1OC. The van der Waals surface area contributed by atoms with E-state index >= 15 is 0 Å². The maximum Gasteiger partial charge on any atom is 0.269 e. The zero-order valence-electron chi connectivity index (χ0n) is 16.5. The van der Waals surface area contributed by atoms with Gasteiger partial charge < -0.3 is 14.8 Å². The van der Waals surface area contributed by atoms with Crippen molar-refractivity contribution >= 4 is 5.91 Å². The lowest BCUT2D eigenvalue weighted by Crippen LogP contribution is -2.35. The minimum Gasteiger partial charge on any atom is -0.493 e. The van der Waals surface area contributed by atoms with Crippen LogP contribution in [-0.4, -0.2) is 45.9 Å². The van der Waals surface area contributed by atoms with Crippen LogP contribution in [0.5, 0.6) is 11.5 Å². The summed E-state index contributed by atoms with van der Waals surface area (Å²) in [7, 11) is 1.61. The van der Waals surface area contributed by atoms with Gasteiger partial charge in [0.2, 0.25) is 0 Å². The smallest absolute Gasteiger partial charge is 0.269 e. The molecule has 1 N–H and O–H groups in total. The Morgan fingerprint density at radius 3 is 2.86 bits per heavy atom. The third kappa shape index (κ3) is 3.91. The van der Waals surface area contributed by atoms with Gasteiger partial charge in [-0.1, -0.05) is 13.3 Å². The highest BCUT2D eigenvalue weighted by atomic mass is 16.5. The van der Waals surface area contributed by atoms with Crippen molar-refractivity contribution in [3.05, 3.63) is 42.2 Å². The van der Waals surface area contributed by atoms with Crippen LogP contribution in [-0.2, 0) is 6.54 Å². The molecule has 150 valence electrons. The Morgan fingerprint density at radius 1 is 1.17 bits per heavy atom. The zero-order valence-corrected chi connectivity index (χ0v) is 16.5. The van der Waals surface area contributed by atoms with Crippen molar-refractivity contribution in [2.45, 2.75) is 26.3 Å². The maximum absolute atomic E-state index is 12.0. The topological polar surface area (TPSA) is 91.2 Å². The zero-order chi connectivity index (χ0) is 20.2. The molecule has 0 unspecified atom stereocenters. The molecule has 29 heavy (non-hydrogen) atoms. The molecule has 1 aromatic carbocycles. The maximum atomic E-state index is 12.0. The fourth-order valence-electron chi connectivity index (χ4n) is 3.15. The number of fused-ring (bicyclic) bond motifs is 1. The predicted octanol–water partition coefficient (Wildman–Crippen LogP) is 2.94. The van der Waals surface area contributed by atoms with Crippen molar-refractivity contribution in [2.24, 2.45) is 0 Å². The summed E-state index contributed by atoms with van der Waals surface area (Å²) in [6, 6.07) is 9.20. The summed E-state index contributed by atoms with van der Waals surface area (Å²) >= 11 is 0. The van der Waals surface area contributed by atoms with Gasteiger partial charge in [0.25, 0.3) is 5.91 Å². The average Bonchev–Trinajstić information content (AvgIpc) is 3.20. The number of hydrogen-bond donors (Lipinski definition) is 1. The van der Waals surface area contributed by atoms with Crippen molar-refractivity contribution in [3.8, 4) is 34.3 Å². The molecule has 0 aliphatic carbocycles. The first-order valence-electron chi connectivity index (χ1n) is 9.70. The Labute approximate surface area is 168 Å². The van der Waals surface area contributed by atoms with E-state index in [1.807, 2.05) is 18.2 Å². The van der Waals surface area contributed by atoms with Gasteiger partial charge in [0.15, 0.2) is 17.3 Å². The van der Waals surface area contributed by atoms with E-state index in [1.54, 1.807) is 30.1 Å². The Bertz CT molecular complexity index is 1030. The number of hydrogen-bond acceptors (Lipinski definition) is 6. The van der Waals surface area contributed by atoms with Crippen LogP contribution in [0.2, 0.25) is 0 Å². The summed E-state index contributed by atoms with van der Waals surface area (Å²) in [5.41, 5.74) is 2.66. The number of unbranched alkanes of at least 4 members (excludes halogenated alkanes) is 1. The Balaban J connectivity index is 1.63. The van der Waals surface area contributed by atoms with Gasteiger partial charge in [-0.15, -0.1) is 0 Å². The van der Waals surface area contributed by atoms with Crippen molar-refractivity contribution in [3.63, 3.8) is 0 Å². The molecule has 0 bridgehead atoms. The molecule has 0 spiro atoms. The van der Waals surface area contributed by atoms with Crippen LogP contribution in [0.3, 0.4) is 0 Å². The second-order valence-corrected chi connectivity index (χ2v) is 6.73. The number of nitrogens with zero attached hydrogens (tertiary/aromatic N) is 4. The average molecular weight is 393 g/mol. The van der Waals surface area contributed by atoms with Crippen LogP contribution in [0, 0.1) is 0 Å². The molecule has 0 saturated carbocycles. The monoisotopic (exact) mass is 393 g/mol. The number of amides is 1. The van der Waals surface area contributed by atoms with Gasteiger partial charge in [0.1, 0.15) is 11.4 Å². The lowest BCUT2D eigenvalue weighted by atomic mass is 10.1. The molecular weight excluding hydrogens is 370 g/mol. The van der Waals surface area contributed by atoms with Crippen LogP contribution < -0.4 is 14.8 Å². The number of aromatic nitrogens is 4. The quantitative estimate of drug-likeness (QED) is 0.621. The van der Waals surface area contributed by atoms with E-state index in [2.05, 4.69) is 27.3 Å². The van der Waals surface area contributed by atoms with Crippen molar-refractivity contribution < 1.29 is 14.3 Å². The van der Waals surface area contributed by atoms with Gasteiger partial charge in [-0.25, -0.2) is 9.97 Å². The number of methoxy groups -OCH3 is 1. The van der Waals surface area contributed by atoms with E-state index in [0.717, 1.165) is 18.4 Å². The molecule has 1 aliphatic heterocycles. The summed E-state index contributed by atoms with van der Waals surface area (Å²) in [5, 5.41) is 7.33. The second-order valence-electron chi connectivity index (χ2n) is 6.73. The summed E-state index contributed by atoms with van der Waals surface area (Å²) in [4.78, 5) is 21.0. The fraction of sp³-hybridized carbons (Fsp3) is 0.333. The van der Waals surface area contributed by atoms with Gasteiger partial charge in [-0.3, -0.25) is 9.48 Å². The highest BCUT2D eigenvalue weighted by molar-refractivity contribution is 5.94.